The number of amidine groups is 2. The summed E-state index contributed by atoms with van der Waals surface area (Å²) in [5, 5.41) is 17.8. The van der Waals surface area contributed by atoms with Gasteiger partial charge in [-0.15, -0.1) is 0 Å². The van der Waals surface area contributed by atoms with Gasteiger partial charge in [-0.1, -0.05) is 0 Å². The van der Waals surface area contributed by atoms with Crippen molar-refractivity contribution >= 4 is 12.0 Å². The smallest absolute Gasteiger partial charge is 0.295 e. The molecule has 0 aliphatic carbocycles. The minimum Gasteiger partial charge on any atom is -0.462 e. The molecule has 0 aromatic carbocycles. The second-order valence-corrected chi connectivity index (χ2v) is 3.68. The normalized spacial score (nSPS) is 28.2. The molecule has 90 valence electrons. The van der Waals surface area contributed by atoms with Gasteiger partial charge in [0.15, 0.2) is 0 Å². The molecule has 2 rings (SSSR count). The lowest BCUT2D eigenvalue weighted by Crippen LogP contribution is -2.33. The molecule has 7 heteroatoms. The average molecular weight is 229 g/mol. The van der Waals surface area contributed by atoms with Gasteiger partial charge >= 0.3 is 0 Å². The van der Waals surface area contributed by atoms with E-state index in [1.54, 1.807) is 11.9 Å². The molecule has 0 aromatic heterocycles. The molecule has 2 heterocycles. The van der Waals surface area contributed by atoms with Gasteiger partial charge < -0.3 is 19.7 Å². The molecule has 0 radical (unpaired) electrons. The first-order chi connectivity index (χ1) is 7.74. The van der Waals surface area contributed by atoms with Crippen molar-refractivity contribution in [1.82, 2.24) is 4.90 Å². The zero-order chi connectivity index (χ0) is 11.5. The Morgan fingerprint density at radius 2 is 1.56 bits per heavy atom. The van der Waals surface area contributed by atoms with E-state index in [2.05, 4.69) is 9.98 Å². The fourth-order valence-electron chi connectivity index (χ4n) is 1.44. The SMILES string of the molecule is CN(C1=NC(CO)CO1)C1=NC(CO)CO1. The predicted octanol–water partition coefficient (Wildman–Crippen LogP) is -1.59. The van der Waals surface area contributed by atoms with Crippen molar-refractivity contribution in [2.45, 2.75) is 12.1 Å². The van der Waals surface area contributed by atoms with E-state index in [0.29, 0.717) is 25.3 Å². The quantitative estimate of drug-likeness (QED) is 0.596. The lowest BCUT2D eigenvalue weighted by Gasteiger charge is -2.15. The molecule has 2 aliphatic rings. The van der Waals surface area contributed by atoms with Crippen LogP contribution in [-0.2, 0) is 9.47 Å². The van der Waals surface area contributed by atoms with E-state index in [1.165, 1.54) is 0 Å². The molecule has 2 N–H and O–H groups in total. The third-order valence-electron chi connectivity index (χ3n) is 2.39. The first-order valence-corrected chi connectivity index (χ1v) is 5.11. The topological polar surface area (TPSA) is 86.9 Å². The molecule has 0 bridgehead atoms. The molecule has 0 fully saturated rings. The number of nitrogens with zero attached hydrogens (tertiary/aromatic N) is 3. The summed E-state index contributed by atoms with van der Waals surface area (Å²) < 4.78 is 10.6. The lowest BCUT2D eigenvalue weighted by atomic mass is 10.4. The van der Waals surface area contributed by atoms with Gasteiger partial charge in [0.1, 0.15) is 25.3 Å². The first-order valence-electron chi connectivity index (χ1n) is 5.11. The van der Waals surface area contributed by atoms with Crippen molar-refractivity contribution < 1.29 is 19.7 Å². The average Bonchev–Trinajstić information content (AvgIpc) is 2.97. The van der Waals surface area contributed by atoms with Gasteiger partial charge in [-0.3, -0.25) is 4.90 Å². The number of hydrogen-bond donors (Lipinski definition) is 2. The summed E-state index contributed by atoms with van der Waals surface area (Å²) in [5.41, 5.74) is 0. The molecule has 16 heavy (non-hydrogen) atoms. The maximum atomic E-state index is 8.91. The number of aliphatic hydroxyl groups excluding tert-OH is 2. The lowest BCUT2D eigenvalue weighted by molar-refractivity contribution is 0.209. The van der Waals surface area contributed by atoms with E-state index in [1.807, 2.05) is 0 Å². The predicted molar refractivity (Wildman–Crippen MR) is 56.3 cm³/mol. The Morgan fingerprint density at radius 3 is 1.88 bits per heavy atom. The van der Waals surface area contributed by atoms with Gasteiger partial charge in [-0.25, -0.2) is 9.98 Å². The fourth-order valence-corrected chi connectivity index (χ4v) is 1.44. The van der Waals surface area contributed by atoms with Gasteiger partial charge in [0.25, 0.3) is 12.0 Å². The molecule has 7 nitrogen and oxygen atoms in total. The Morgan fingerprint density at radius 1 is 1.12 bits per heavy atom. The van der Waals surface area contributed by atoms with Crippen LogP contribution in [0.2, 0.25) is 0 Å². The highest BCUT2D eigenvalue weighted by Gasteiger charge is 2.28. The zero-order valence-corrected chi connectivity index (χ0v) is 9.04. The van der Waals surface area contributed by atoms with Crippen LogP contribution in [0, 0.1) is 0 Å². The van der Waals surface area contributed by atoms with Crippen molar-refractivity contribution in [3.05, 3.63) is 0 Å². The van der Waals surface area contributed by atoms with Crippen LogP contribution in [0.5, 0.6) is 0 Å². The maximum absolute atomic E-state index is 8.91. The Bertz CT molecular complexity index is 288. The largest absolute Gasteiger partial charge is 0.462 e. The van der Waals surface area contributed by atoms with Crippen molar-refractivity contribution in [3.63, 3.8) is 0 Å². The molecule has 0 aromatic rings. The molecule has 2 aliphatic heterocycles. The Labute approximate surface area is 93.0 Å². The van der Waals surface area contributed by atoms with Gasteiger partial charge in [0.2, 0.25) is 0 Å². The second-order valence-electron chi connectivity index (χ2n) is 3.68. The number of hydrogen-bond acceptors (Lipinski definition) is 7. The molecule has 2 atom stereocenters. The summed E-state index contributed by atoms with van der Waals surface area (Å²) >= 11 is 0. The Balaban J connectivity index is 2.01. The van der Waals surface area contributed by atoms with Crippen molar-refractivity contribution in [2.75, 3.05) is 33.5 Å². The van der Waals surface area contributed by atoms with E-state index in [0.717, 1.165) is 0 Å². The molecule has 0 saturated carbocycles. The van der Waals surface area contributed by atoms with E-state index in [-0.39, 0.29) is 25.3 Å². The molecular weight excluding hydrogens is 214 g/mol. The van der Waals surface area contributed by atoms with Crippen LogP contribution in [0.3, 0.4) is 0 Å². The van der Waals surface area contributed by atoms with Crippen molar-refractivity contribution in [2.24, 2.45) is 9.98 Å². The van der Waals surface area contributed by atoms with Gasteiger partial charge in [0, 0.05) is 7.05 Å². The van der Waals surface area contributed by atoms with Crippen LogP contribution >= 0.6 is 0 Å². The first kappa shape index (κ1) is 11.2. The minimum atomic E-state index is -0.215. The van der Waals surface area contributed by atoms with E-state index < -0.39 is 0 Å². The van der Waals surface area contributed by atoms with Crippen LogP contribution in [0.15, 0.2) is 9.98 Å². The molecule has 0 spiro atoms. The van der Waals surface area contributed by atoms with Crippen LogP contribution in [0.25, 0.3) is 0 Å². The summed E-state index contributed by atoms with van der Waals surface area (Å²) in [4.78, 5) is 9.87. The second kappa shape index (κ2) is 4.67. The van der Waals surface area contributed by atoms with Crippen molar-refractivity contribution in [3.8, 4) is 0 Å². The number of ether oxygens (including phenoxy) is 2. The monoisotopic (exact) mass is 229 g/mol. The van der Waals surface area contributed by atoms with E-state index in [9.17, 15) is 0 Å². The summed E-state index contributed by atoms with van der Waals surface area (Å²) in [6, 6.07) is 0.342. The summed E-state index contributed by atoms with van der Waals surface area (Å²) in [7, 11) is 1.72. The highest BCUT2D eigenvalue weighted by Crippen LogP contribution is 2.11. The van der Waals surface area contributed by atoms with Gasteiger partial charge in [-0.2, -0.15) is 0 Å². The zero-order valence-electron chi connectivity index (χ0n) is 9.04. The number of aliphatic hydroxyl groups is 2. The number of aliphatic imine (C=N–C) groups is 2. The van der Waals surface area contributed by atoms with Gasteiger partial charge in [-0.05, 0) is 0 Å². The summed E-state index contributed by atoms with van der Waals surface area (Å²) in [6.07, 6.45) is 0. The van der Waals surface area contributed by atoms with E-state index in [4.69, 9.17) is 19.7 Å². The molecule has 0 amide bonds. The summed E-state index contributed by atoms with van der Waals surface area (Å²) in [6.45, 7) is 0.660. The van der Waals surface area contributed by atoms with Crippen molar-refractivity contribution in [1.29, 1.82) is 0 Å². The van der Waals surface area contributed by atoms with Crippen LogP contribution in [-0.4, -0.2) is 72.7 Å². The van der Waals surface area contributed by atoms with Crippen LogP contribution < -0.4 is 0 Å². The minimum absolute atomic E-state index is 0.0378. The molecule has 0 saturated heterocycles. The molecular formula is C9H15N3O4. The molecule has 2 unspecified atom stereocenters. The third kappa shape index (κ3) is 2.10. The van der Waals surface area contributed by atoms with Crippen LogP contribution in [0.1, 0.15) is 0 Å². The fraction of sp³-hybridized carbons (Fsp3) is 0.778. The summed E-state index contributed by atoms with van der Waals surface area (Å²) in [5.74, 6) is 0. The Kier molecular flexibility index (Phi) is 3.25. The highest BCUT2D eigenvalue weighted by molar-refractivity contribution is 5.94. The van der Waals surface area contributed by atoms with Gasteiger partial charge in [0.05, 0.1) is 13.2 Å². The third-order valence-corrected chi connectivity index (χ3v) is 2.39. The standard InChI is InChI=1S/C9H15N3O4/c1-12(8-10-6(2-13)4-15-8)9-11-7(3-14)5-16-9/h6-7,13-14H,2-5H2,1H3. The maximum Gasteiger partial charge on any atom is 0.295 e. The van der Waals surface area contributed by atoms with E-state index >= 15 is 0 Å². The Hall–Kier alpha value is -1.34. The number of rotatable bonds is 2. The highest BCUT2D eigenvalue weighted by atomic mass is 16.5. The van der Waals surface area contributed by atoms with Crippen LogP contribution in [0.4, 0.5) is 0 Å².